The Balaban J connectivity index is 2.12. The first-order valence-electron chi connectivity index (χ1n) is 5.96. The van der Waals surface area contributed by atoms with E-state index in [1.807, 2.05) is 24.3 Å². The summed E-state index contributed by atoms with van der Waals surface area (Å²) in [5, 5.41) is 0.705. The third kappa shape index (κ3) is 2.01. The van der Waals surface area contributed by atoms with E-state index in [0.29, 0.717) is 5.01 Å². The number of rotatable bonds is 2. The summed E-state index contributed by atoms with van der Waals surface area (Å²) in [4.78, 5) is 28.4. The molecule has 0 saturated carbocycles. The summed E-state index contributed by atoms with van der Waals surface area (Å²) < 4.78 is 3.42. The van der Waals surface area contributed by atoms with E-state index in [4.69, 9.17) is 5.73 Å². The highest BCUT2D eigenvalue weighted by atomic mass is 32.1. The van der Waals surface area contributed by atoms with Crippen molar-refractivity contribution in [3.8, 4) is 0 Å². The average molecular weight is 288 g/mol. The number of para-hydroxylation sites is 1. The zero-order chi connectivity index (χ0) is 14.3. The molecule has 0 atom stereocenters. The number of nitrogen functional groups attached to an aromatic ring is 1. The lowest BCUT2D eigenvalue weighted by molar-refractivity contribution is 0.642. The quantitative estimate of drug-likeness (QED) is 0.755. The van der Waals surface area contributed by atoms with Crippen LogP contribution in [-0.2, 0) is 13.6 Å². The molecule has 20 heavy (non-hydrogen) atoms. The fourth-order valence-electron chi connectivity index (χ4n) is 2.01. The van der Waals surface area contributed by atoms with Gasteiger partial charge in [-0.15, -0.1) is 11.3 Å². The average Bonchev–Trinajstić information content (AvgIpc) is 2.84. The van der Waals surface area contributed by atoms with E-state index in [-0.39, 0.29) is 12.2 Å². The van der Waals surface area contributed by atoms with Gasteiger partial charge in [-0.25, -0.2) is 9.78 Å². The molecule has 0 aliphatic heterocycles. The highest BCUT2D eigenvalue weighted by Crippen LogP contribution is 2.21. The largest absolute Gasteiger partial charge is 0.393 e. The molecule has 7 heteroatoms. The lowest BCUT2D eigenvalue weighted by Gasteiger charge is -2.06. The molecule has 2 heterocycles. The molecule has 3 aromatic rings. The number of hydrogen-bond acceptors (Lipinski definition) is 5. The van der Waals surface area contributed by atoms with Gasteiger partial charge in [-0.05, 0) is 12.1 Å². The van der Waals surface area contributed by atoms with Crippen molar-refractivity contribution in [2.75, 3.05) is 5.73 Å². The summed E-state index contributed by atoms with van der Waals surface area (Å²) in [5.74, 6) is 0. The van der Waals surface area contributed by atoms with Gasteiger partial charge < -0.3 is 10.3 Å². The highest BCUT2D eigenvalue weighted by Gasteiger charge is 2.10. The SMILES string of the molecule is Cn1cc(N)c(=O)n(Cc2nc3ccccc3s2)c1=O. The Labute approximate surface area is 117 Å². The smallest absolute Gasteiger partial charge is 0.331 e. The van der Waals surface area contributed by atoms with Crippen molar-refractivity contribution in [3.05, 3.63) is 56.3 Å². The molecule has 0 amide bonds. The molecule has 0 fully saturated rings. The van der Waals surface area contributed by atoms with Crippen molar-refractivity contribution in [2.45, 2.75) is 6.54 Å². The van der Waals surface area contributed by atoms with Gasteiger partial charge in [-0.2, -0.15) is 0 Å². The number of nitrogens with zero attached hydrogens (tertiary/aromatic N) is 3. The van der Waals surface area contributed by atoms with Crippen molar-refractivity contribution < 1.29 is 0 Å². The van der Waals surface area contributed by atoms with Gasteiger partial charge in [0.05, 0.1) is 16.8 Å². The van der Waals surface area contributed by atoms with Crippen LogP contribution in [-0.4, -0.2) is 14.1 Å². The summed E-state index contributed by atoms with van der Waals surface area (Å²) >= 11 is 1.46. The van der Waals surface area contributed by atoms with Gasteiger partial charge in [-0.3, -0.25) is 9.36 Å². The summed E-state index contributed by atoms with van der Waals surface area (Å²) in [7, 11) is 1.56. The van der Waals surface area contributed by atoms with Gasteiger partial charge in [0.25, 0.3) is 5.56 Å². The van der Waals surface area contributed by atoms with Gasteiger partial charge in [-0.1, -0.05) is 12.1 Å². The van der Waals surface area contributed by atoms with Crippen LogP contribution >= 0.6 is 11.3 Å². The van der Waals surface area contributed by atoms with E-state index in [1.165, 1.54) is 22.1 Å². The number of nitrogens with two attached hydrogens (primary N) is 1. The van der Waals surface area contributed by atoms with Gasteiger partial charge in [0.2, 0.25) is 0 Å². The fraction of sp³-hybridized carbons (Fsp3) is 0.154. The van der Waals surface area contributed by atoms with E-state index < -0.39 is 11.2 Å². The maximum atomic E-state index is 12.0. The Hall–Kier alpha value is -2.41. The molecule has 0 saturated heterocycles. The van der Waals surface area contributed by atoms with Gasteiger partial charge >= 0.3 is 5.69 Å². The molecule has 0 bridgehead atoms. The minimum absolute atomic E-state index is 0.0493. The van der Waals surface area contributed by atoms with Crippen LogP contribution in [0.5, 0.6) is 0 Å². The van der Waals surface area contributed by atoms with E-state index >= 15 is 0 Å². The van der Waals surface area contributed by atoms with Crippen molar-refractivity contribution in [2.24, 2.45) is 7.05 Å². The topological polar surface area (TPSA) is 82.9 Å². The van der Waals surface area contributed by atoms with Crippen LogP contribution < -0.4 is 17.0 Å². The van der Waals surface area contributed by atoms with Gasteiger partial charge in [0.15, 0.2) is 0 Å². The predicted octanol–water partition coefficient (Wildman–Crippen LogP) is 0.787. The molecule has 102 valence electrons. The normalized spacial score (nSPS) is 11.1. The van der Waals surface area contributed by atoms with Gasteiger partial charge in [0.1, 0.15) is 10.7 Å². The monoisotopic (exact) mass is 288 g/mol. The first-order chi connectivity index (χ1) is 9.56. The van der Waals surface area contributed by atoms with Gasteiger partial charge in [0, 0.05) is 13.2 Å². The molecule has 0 aliphatic carbocycles. The Morgan fingerprint density at radius 3 is 2.80 bits per heavy atom. The molecule has 0 radical (unpaired) electrons. The van der Waals surface area contributed by atoms with E-state index in [9.17, 15) is 9.59 Å². The number of benzene rings is 1. The molecule has 6 nitrogen and oxygen atoms in total. The van der Waals surface area contributed by atoms with Crippen molar-refractivity contribution >= 4 is 27.2 Å². The van der Waals surface area contributed by atoms with Crippen LogP contribution in [0.2, 0.25) is 0 Å². The summed E-state index contributed by atoms with van der Waals surface area (Å²) in [5.41, 5.74) is 5.64. The first kappa shape index (κ1) is 12.6. The summed E-state index contributed by atoms with van der Waals surface area (Å²) in [6, 6.07) is 7.68. The second-order valence-electron chi connectivity index (χ2n) is 4.44. The third-order valence-corrected chi connectivity index (χ3v) is 4.01. The number of aryl methyl sites for hydroxylation is 1. The van der Waals surface area contributed by atoms with Crippen molar-refractivity contribution in [1.82, 2.24) is 14.1 Å². The van der Waals surface area contributed by atoms with E-state index in [2.05, 4.69) is 4.98 Å². The molecule has 0 spiro atoms. The zero-order valence-corrected chi connectivity index (χ0v) is 11.6. The van der Waals surface area contributed by atoms with E-state index in [1.54, 1.807) is 7.05 Å². The van der Waals surface area contributed by atoms with Crippen molar-refractivity contribution in [3.63, 3.8) is 0 Å². The minimum atomic E-state index is -0.479. The lowest BCUT2D eigenvalue weighted by Crippen LogP contribution is -2.39. The lowest BCUT2D eigenvalue weighted by atomic mass is 10.3. The van der Waals surface area contributed by atoms with E-state index in [0.717, 1.165) is 14.8 Å². The van der Waals surface area contributed by atoms with Crippen LogP contribution in [0.1, 0.15) is 5.01 Å². The highest BCUT2D eigenvalue weighted by molar-refractivity contribution is 7.18. The molecular formula is C13H12N4O2S. The second kappa shape index (κ2) is 4.61. The third-order valence-electron chi connectivity index (χ3n) is 2.99. The molecular weight excluding hydrogens is 276 g/mol. The standard InChI is InChI=1S/C13H12N4O2S/c1-16-6-8(14)12(18)17(13(16)19)7-11-15-9-4-2-3-5-10(9)20-11/h2-6H,7,14H2,1H3. The Bertz CT molecular complexity index is 839. The Kier molecular flexibility index (Phi) is 2.90. The molecule has 2 N–H and O–H groups in total. The van der Waals surface area contributed by atoms with Crippen LogP contribution in [0.3, 0.4) is 0 Å². The number of fused-ring (bicyclic) bond motifs is 1. The Morgan fingerprint density at radius 2 is 2.05 bits per heavy atom. The number of anilines is 1. The van der Waals surface area contributed by atoms with Crippen LogP contribution in [0.25, 0.3) is 10.2 Å². The zero-order valence-electron chi connectivity index (χ0n) is 10.7. The molecule has 2 aromatic heterocycles. The van der Waals surface area contributed by atoms with Crippen molar-refractivity contribution in [1.29, 1.82) is 0 Å². The number of hydrogen-bond donors (Lipinski definition) is 1. The van der Waals surface area contributed by atoms with Crippen LogP contribution in [0, 0.1) is 0 Å². The number of thiazole rings is 1. The maximum Gasteiger partial charge on any atom is 0.331 e. The van der Waals surface area contributed by atoms with Crippen LogP contribution in [0.4, 0.5) is 5.69 Å². The van der Waals surface area contributed by atoms with Crippen LogP contribution in [0.15, 0.2) is 40.1 Å². The first-order valence-corrected chi connectivity index (χ1v) is 6.78. The fourth-order valence-corrected chi connectivity index (χ4v) is 2.97. The maximum absolute atomic E-state index is 12.0. The summed E-state index contributed by atoms with van der Waals surface area (Å²) in [6.07, 6.45) is 1.33. The molecule has 0 aliphatic rings. The second-order valence-corrected chi connectivity index (χ2v) is 5.56. The molecule has 3 rings (SSSR count). The number of aromatic nitrogens is 3. The summed E-state index contributed by atoms with van der Waals surface area (Å²) in [6.45, 7) is 0.135. The predicted molar refractivity (Wildman–Crippen MR) is 79.1 cm³/mol. The molecule has 1 aromatic carbocycles. The Morgan fingerprint density at radius 1 is 1.30 bits per heavy atom. The molecule has 0 unspecified atom stereocenters. The minimum Gasteiger partial charge on any atom is -0.393 e.